The number of benzene rings is 1. The van der Waals surface area contributed by atoms with Crippen molar-refractivity contribution in [1.82, 2.24) is 0 Å². The zero-order chi connectivity index (χ0) is 12.1. The van der Waals surface area contributed by atoms with E-state index in [1.54, 1.807) is 0 Å². The van der Waals surface area contributed by atoms with Gasteiger partial charge < -0.3 is 16.0 Å². The van der Waals surface area contributed by atoms with Gasteiger partial charge in [0.05, 0.1) is 11.4 Å². The molecule has 0 bridgehead atoms. The summed E-state index contributed by atoms with van der Waals surface area (Å²) in [5.41, 5.74) is 8.21. The molecule has 2 rings (SSSR count). The molecule has 1 aliphatic rings. The van der Waals surface area contributed by atoms with Crippen molar-refractivity contribution in [2.45, 2.75) is 32.2 Å². The minimum atomic E-state index is 0.320. The van der Waals surface area contributed by atoms with E-state index in [0.717, 1.165) is 0 Å². The number of para-hydroxylation sites is 2. The van der Waals surface area contributed by atoms with E-state index in [9.17, 15) is 0 Å². The Morgan fingerprint density at radius 2 is 1.94 bits per heavy atom. The van der Waals surface area contributed by atoms with Gasteiger partial charge in [-0.1, -0.05) is 12.1 Å². The average molecular weight is 233 g/mol. The summed E-state index contributed by atoms with van der Waals surface area (Å²) >= 11 is 0. The molecule has 0 radical (unpaired) electrons. The number of piperidine rings is 1. The molecule has 1 aliphatic heterocycles. The van der Waals surface area contributed by atoms with Crippen LogP contribution < -0.4 is 16.0 Å². The van der Waals surface area contributed by atoms with Gasteiger partial charge in [-0.25, -0.2) is 0 Å². The Morgan fingerprint density at radius 1 is 1.24 bits per heavy atom. The lowest BCUT2D eigenvalue weighted by atomic mass is 10.1. The summed E-state index contributed by atoms with van der Waals surface area (Å²) in [6.07, 6.45) is 3.98. The largest absolute Gasteiger partial charge is 0.380 e. The molecule has 17 heavy (non-hydrogen) atoms. The van der Waals surface area contributed by atoms with Crippen molar-refractivity contribution in [3.63, 3.8) is 0 Å². The van der Waals surface area contributed by atoms with Crippen LogP contribution in [0.15, 0.2) is 24.3 Å². The molecule has 3 N–H and O–H groups in total. The second-order valence-corrected chi connectivity index (χ2v) is 4.85. The Labute approximate surface area is 104 Å². The SMILES string of the molecule is CC(CN)Nc1ccccc1N1CCCCC1. The van der Waals surface area contributed by atoms with E-state index in [1.165, 1.54) is 43.7 Å². The topological polar surface area (TPSA) is 41.3 Å². The van der Waals surface area contributed by atoms with E-state index in [2.05, 4.69) is 41.4 Å². The highest BCUT2D eigenvalue weighted by molar-refractivity contribution is 5.70. The fourth-order valence-electron chi connectivity index (χ4n) is 2.33. The highest BCUT2D eigenvalue weighted by atomic mass is 15.2. The van der Waals surface area contributed by atoms with Gasteiger partial charge in [0.25, 0.3) is 0 Å². The van der Waals surface area contributed by atoms with Crippen molar-refractivity contribution in [3.8, 4) is 0 Å². The van der Waals surface area contributed by atoms with Gasteiger partial charge >= 0.3 is 0 Å². The van der Waals surface area contributed by atoms with Gasteiger partial charge in [0.15, 0.2) is 0 Å². The van der Waals surface area contributed by atoms with Gasteiger partial charge in [-0.15, -0.1) is 0 Å². The third-order valence-electron chi connectivity index (χ3n) is 3.36. The molecule has 1 aromatic carbocycles. The van der Waals surface area contributed by atoms with E-state index in [0.29, 0.717) is 12.6 Å². The molecule has 0 amide bonds. The van der Waals surface area contributed by atoms with Crippen LogP contribution in [0.4, 0.5) is 11.4 Å². The first kappa shape index (κ1) is 12.2. The van der Waals surface area contributed by atoms with Gasteiger partial charge in [-0.2, -0.15) is 0 Å². The number of hydrogen-bond donors (Lipinski definition) is 2. The molecule has 94 valence electrons. The van der Waals surface area contributed by atoms with Crippen LogP contribution in [0, 0.1) is 0 Å². The zero-order valence-corrected chi connectivity index (χ0v) is 10.7. The van der Waals surface area contributed by atoms with E-state index >= 15 is 0 Å². The molecule has 0 spiro atoms. The van der Waals surface area contributed by atoms with Gasteiger partial charge in [0.2, 0.25) is 0 Å². The fraction of sp³-hybridized carbons (Fsp3) is 0.571. The van der Waals surface area contributed by atoms with Crippen LogP contribution in [0.5, 0.6) is 0 Å². The zero-order valence-electron chi connectivity index (χ0n) is 10.7. The molecule has 3 nitrogen and oxygen atoms in total. The normalized spacial score (nSPS) is 17.9. The first-order chi connectivity index (χ1) is 8.31. The monoisotopic (exact) mass is 233 g/mol. The molecule has 1 fully saturated rings. The van der Waals surface area contributed by atoms with Gasteiger partial charge in [0.1, 0.15) is 0 Å². The van der Waals surface area contributed by atoms with E-state index in [4.69, 9.17) is 5.73 Å². The van der Waals surface area contributed by atoms with Crippen LogP contribution in [0.25, 0.3) is 0 Å². The summed E-state index contributed by atoms with van der Waals surface area (Å²) in [6.45, 7) is 5.13. The van der Waals surface area contributed by atoms with Crippen molar-refractivity contribution in [2.75, 3.05) is 29.9 Å². The first-order valence-corrected chi connectivity index (χ1v) is 6.62. The number of rotatable bonds is 4. The quantitative estimate of drug-likeness (QED) is 0.839. The number of hydrogen-bond acceptors (Lipinski definition) is 3. The highest BCUT2D eigenvalue weighted by Gasteiger charge is 2.14. The van der Waals surface area contributed by atoms with Crippen molar-refractivity contribution >= 4 is 11.4 Å². The summed E-state index contributed by atoms with van der Waals surface area (Å²) in [7, 11) is 0. The summed E-state index contributed by atoms with van der Waals surface area (Å²) in [4.78, 5) is 2.48. The third kappa shape index (κ3) is 3.13. The lowest BCUT2D eigenvalue weighted by Gasteiger charge is -2.31. The molecular weight excluding hydrogens is 210 g/mol. The van der Waals surface area contributed by atoms with Crippen molar-refractivity contribution < 1.29 is 0 Å². The van der Waals surface area contributed by atoms with Crippen molar-refractivity contribution in [1.29, 1.82) is 0 Å². The number of nitrogens with one attached hydrogen (secondary N) is 1. The Balaban J connectivity index is 2.14. The summed E-state index contributed by atoms with van der Waals surface area (Å²) in [6, 6.07) is 8.87. The van der Waals surface area contributed by atoms with Gasteiger partial charge in [-0.05, 0) is 38.3 Å². The van der Waals surface area contributed by atoms with Gasteiger partial charge in [0, 0.05) is 25.7 Å². The third-order valence-corrected chi connectivity index (χ3v) is 3.36. The van der Waals surface area contributed by atoms with Crippen LogP contribution in [0.3, 0.4) is 0 Å². The molecule has 0 aromatic heterocycles. The Bertz CT molecular complexity index is 345. The first-order valence-electron chi connectivity index (χ1n) is 6.62. The second kappa shape index (κ2) is 5.92. The Hall–Kier alpha value is -1.22. The van der Waals surface area contributed by atoms with Crippen LogP contribution in [0.2, 0.25) is 0 Å². The number of anilines is 2. The van der Waals surface area contributed by atoms with Crippen molar-refractivity contribution in [2.24, 2.45) is 5.73 Å². The summed E-state index contributed by atoms with van der Waals surface area (Å²) in [5.74, 6) is 0. The van der Waals surface area contributed by atoms with Crippen LogP contribution in [0.1, 0.15) is 26.2 Å². The molecule has 0 aliphatic carbocycles. The van der Waals surface area contributed by atoms with E-state index < -0.39 is 0 Å². The molecule has 1 heterocycles. The minimum Gasteiger partial charge on any atom is -0.380 e. The molecule has 3 heteroatoms. The fourth-order valence-corrected chi connectivity index (χ4v) is 2.33. The number of nitrogens with two attached hydrogens (primary N) is 1. The van der Waals surface area contributed by atoms with E-state index in [-0.39, 0.29) is 0 Å². The maximum atomic E-state index is 5.67. The summed E-state index contributed by atoms with van der Waals surface area (Å²) < 4.78 is 0. The lowest BCUT2D eigenvalue weighted by molar-refractivity contribution is 0.578. The smallest absolute Gasteiger partial charge is 0.0602 e. The highest BCUT2D eigenvalue weighted by Crippen LogP contribution is 2.28. The Kier molecular flexibility index (Phi) is 4.26. The molecule has 1 aromatic rings. The maximum absolute atomic E-state index is 5.67. The second-order valence-electron chi connectivity index (χ2n) is 4.85. The molecule has 1 saturated heterocycles. The average Bonchev–Trinajstić information content (AvgIpc) is 2.40. The van der Waals surface area contributed by atoms with Crippen molar-refractivity contribution in [3.05, 3.63) is 24.3 Å². The van der Waals surface area contributed by atoms with Crippen LogP contribution in [-0.2, 0) is 0 Å². The van der Waals surface area contributed by atoms with Crippen LogP contribution in [-0.4, -0.2) is 25.7 Å². The molecule has 0 saturated carbocycles. The predicted octanol–water partition coefficient (Wildman–Crippen LogP) is 2.44. The number of nitrogens with zero attached hydrogens (tertiary/aromatic N) is 1. The van der Waals surface area contributed by atoms with E-state index in [1.807, 2.05) is 0 Å². The minimum absolute atomic E-state index is 0.320. The molecular formula is C14H23N3. The lowest BCUT2D eigenvalue weighted by Crippen LogP contribution is -2.31. The molecule has 1 unspecified atom stereocenters. The molecule has 1 atom stereocenters. The van der Waals surface area contributed by atoms with Gasteiger partial charge in [-0.3, -0.25) is 0 Å². The maximum Gasteiger partial charge on any atom is 0.0602 e. The predicted molar refractivity (Wildman–Crippen MR) is 74.6 cm³/mol. The van der Waals surface area contributed by atoms with Crippen LogP contribution >= 0.6 is 0 Å². The standard InChI is InChI=1S/C14H23N3/c1-12(11-15)16-13-7-3-4-8-14(13)17-9-5-2-6-10-17/h3-4,7-8,12,16H,2,5-6,9-11,15H2,1H3. The Morgan fingerprint density at radius 3 is 2.65 bits per heavy atom. The summed E-state index contributed by atoms with van der Waals surface area (Å²) in [5, 5.41) is 3.49.